The van der Waals surface area contributed by atoms with Crippen LogP contribution in [0.5, 0.6) is 0 Å². The van der Waals surface area contributed by atoms with Crippen molar-refractivity contribution in [2.24, 2.45) is 0 Å². The molecule has 0 atom stereocenters. The topological polar surface area (TPSA) is 40.6 Å². The maximum absolute atomic E-state index is 11.9. The third-order valence-corrected chi connectivity index (χ3v) is 4.19. The van der Waals surface area contributed by atoms with Crippen molar-refractivity contribution in [2.45, 2.75) is 20.8 Å². The Bertz CT molecular complexity index is 288. The van der Waals surface area contributed by atoms with E-state index in [9.17, 15) is 8.42 Å². The summed E-state index contributed by atoms with van der Waals surface area (Å²) in [4.78, 5) is 0. The molecule has 82 valence electrons. The average Bonchev–Trinajstić information content (AvgIpc) is 2.15. The maximum atomic E-state index is 11.9. The molecule has 0 rings (SSSR count). The molecule has 0 amide bonds. The minimum Gasteiger partial charge on any atom is -0.195 e. The van der Waals surface area contributed by atoms with Gasteiger partial charge in [-0.15, -0.1) is 6.42 Å². The summed E-state index contributed by atoms with van der Waals surface area (Å²) in [6.07, 6.45) is 5.11. The Balaban J connectivity index is 4.82. The molecular weight excluding hydrogens is 200 g/mol. The number of terminal acetylenes is 1. The molecule has 5 heteroatoms. The molecule has 0 unspecified atom stereocenters. The van der Waals surface area contributed by atoms with Gasteiger partial charge < -0.3 is 0 Å². The van der Waals surface area contributed by atoms with Gasteiger partial charge in [-0.25, -0.2) is 0 Å². The van der Waals surface area contributed by atoms with Gasteiger partial charge in [0.05, 0.1) is 6.54 Å². The Labute approximate surface area is 87.1 Å². The molecule has 0 saturated heterocycles. The highest BCUT2D eigenvalue weighted by atomic mass is 32.2. The maximum Gasteiger partial charge on any atom is 0.282 e. The van der Waals surface area contributed by atoms with E-state index in [1.54, 1.807) is 6.92 Å². The van der Waals surface area contributed by atoms with E-state index in [0.29, 0.717) is 19.6 Å². The fourth-order valence-electron chi connectivity index (χ4n) is 1.17. The number of hydrogen-bond donors (Lipinski definition) is 0. The highest BCUT2D eigenvalue weighted by Crippen LogP contribution is 2.06. The summed E-state index contributed by atoms with van der Waals surface area (Å²) in [5.41, 5.74) is 0. The molecular formula is C9H18N2O2S. The van der Waals surface area contributed by atoms with E-state index in [1.807, 2.05) is 13.8 Å². The van der Waals surface area contributed by atoms with E-state index in [4.69, 9.17) is 6.42 Å². The van der Waals surface area contributed by atoms with Crippen LogP contribution in [0.25, 0.3) is 0 Å². The second-order valence-electron chi connectivity index (χ2n) is 2.72. The molecule has 4 nitrogen and oxygen atoms in total. The Morgan fingerprint density at radius 1 is 1.07 bits per heavy atom. The van der Waals surface area contributed by atoms with E-state index in [2.05, 4.69) is 5.92 Å². The van der Waals surface area contributed by atoms with Crippen molar-refractivity contribution in [3.8, 4) is 12.3 Å². The van der Waals surface area contributed by atoms with Crippen LogP contribution in [-0.2, 0) is 10.2 Å². The van der Waals surface area contributed by atoms with Gasteiger partial charge in [-0.3, -0.25) is 0 Å². The van der Waals surface area contributed by atoms with Crippen LogP contribution in [0, 0.1) is 12.3 Å². The zero-order chi connectivity index (χ0) is 11.2. The summed E-state index contributed by atoms with van der Waals surface area (Å²) in [5.74, 6) is 2.35. The number of rotatable bonds is 6. The molecule has 0 bridgehead atoms. The van der Waals surface area contributed by atoms with Crippen LogP contribution in [0.15, 0.2) is 0 Å². The van der Waals surface area contributed by atoms with E-state index in [0.717, 1.165) is 0 Å². The third kappa shape index (κ3) is 2.98. The molecule has 0 fully saturated rings. The van der Waals surface area contributed by atoms with Crippen LogP contribution in [0.2, 0.25) is 0 Å². The lowest BCUT2D eigenvalue weighted by Crippen LogP contribution is -2.43. The standard InChI is InChI=1S/C9H18N2O2S/c1-5-9-11(8-4)14(12,13)10(6-2)7-3/h1H,6-9H2,2-4H3. The largest absolute Gasteiger partial charge is 0.282 e. The number of nitrogens with zero attached hydrogens (tertiary/aromatic N) is 2. The fraction of sp³-hybridized carbons (Fsp3) is 0.778. The quantitative estimate of drug-likeness (QED) is 0.610. The molecule has 0 radical (unpaired) electrons. The zero-order valence-electron chi connectivity index (χ0n) is 9.02. The van der Waals surface area contributed by atoms with Crippen LogP contribution in [0.1, 0.15) is 20.8 Å². The average molecular weight is 218 g/mol. The summed E-state index contributed by atoms with van der Waals surface area (Å²) in [7, 11) is -3.35. The smallest absolute Gasteiger partial charge is 0.195 e. The molecule has 0 N–H and O–H groups in total. The molecule has 0 saturated carbocycles. The first-order chi connectivity index (χ1) is 6.54. The number of hydrogen-bond acceptors (Lipinski definition) is 2. The zero-order valence-corrected chi connectivity index (χ0v) is 9.84. The molecule has 14 heavy (non-hydrogen) atoms. The lowest BCUT2D eigenvalue weighted by molar-refractivity contribution is 0.374. The van der Waals surface area contributed by atoms with Gasteiger partial charge in [0.15, 0.2) is 0 Å². The van der Waals surface area contributed by atoms with Gasteiger partial charge >= 0.3 is 0 Å². The molecule has 0 spiro atoms. The Morgan fingerprint density at radius 2 is 1.50 bits per heavy atom. The minimum absolute atomic E-state index is 0.134. The van der Waals surface area contributed by atoms with Crippen LogP contribution in [0.4, 0.5) is 0 Å². The van der Waals surface area contributed by atoms with Gasteiger partial charge in [-0.05, 0) is 0 Å². The Kier molecular flexibility index (Phi) is 5.77. The lowest BCUT2D eigenvalue weighted by Gasteiger charge is -2.25. The van der Waals surface area contributed by atoms with Crippen LogP contribution < -0.4 is 0 Å². The third-order valence-electron chi connectivity index (χ3n) is 1.98. The van der Waals surface area contributed by atoms with Gasteiger partial charge in [-0.1, -0.05) is 26.7 Å². The summed E-state index contributed by atoms with van der Waals surface area (Å²) in [6.45, 7) is 6.88. The van der Waals surface area contributed by atoms with Crippen molar-refractivity contribution in [3.63, 3.8) is 0 Å². The second kappa shape index (κ2) is 6.02. The normalized spacial score (nSPS) is 12.0. The fourth-order valence-corrected chi connectivity index (χ4v) is 2.71. The molecule has 0 aromatic carbocycles. The van der Waals surface area contributed by atoms with Crippen molar-refractivity contribution >= 4 is 10.2 Å². The van der Waals surface area contributed by atoms with E-state index in [-0.39, 0.29) is 6.54 Å². The van der Waals surface area contributed by atoms with Gasteiger partial charge in [0.2, 0.25) is 0 Å². The van der Waals surface area contributed by atoms with Gasteiger partial charge in [0.25, 0.3) is 10.2 Å². The van der Waals surface area contributed by atoms with Gasteiger partial charge in [0.1, 0.15) is 0 Å². The van der Waals surface area contributed by atoms with Crippen molar-refractivity contribution in [3.05, 3.63) is 0 Å². The lowest BCUT2D eigenvalue weighted by atomic mass is 10.6. The molecule has 0 aliphatic rings. The summed E-state index contributed by atoms with van der Waals surface area (Å²) in [5, 5.41) is 0. The van der Waals surface area contributed by atoms with E-state index in [1.165, 1.54) is 8.61 Å². The van der Waals surface area contributed by atoms with Crippen molar-refractivity contribution < 1.29 is 8.42 Å². The van der Waals surface area contributed by atoms with Crippen LogP contribution >= 0.6 is 0 Å². The Morgan fingerprint density at radius 3 is 1.79 bits per heavy atom. The molecule has 0 heterocycles. The van der Waals surface area contributed by atoms with Crippen LogP contribution in [0.3, 0.4) is 0 Å². The first-order valence-electron chi connectivity index (χ1n) is 4.73. The molecule has 0 aromatic rings. The molecule has 0 aliphatic carbocycles. The highest BCUT2D eigenvalue weighted by Gasteiger charge is 2.25. The Hall–Kier alpha value is -0.570. The predicted molar refractivity (Wildman–Crippen MR) is 57.9 cm³/mol. The van der Waals surface area contributed by atoms with Crippen molar-refractivity contribution in [2.75, 3.05) is 26.2 Å². The summed E-state index contributed by atoms with van der Waals surface area (Å²) < 4.78 is 26.4. The van der Waals surface area contributed by atoms with Crippen molar-refractivity contribution in [1.82, 2.24) is 8.61 Å². The van der Waals surface area contributed by atoms with Crippen molar-refractivity contribution in [1.29, 1.82) is 0 Å². The van der Waals surface area contributed by atoms with Gasteiger partial charge in [-0.2, -0.15) is 17.0 Å². The SMILES string of the molecule is C#CCN(CC)S(=O)(=O)N(CC)CC. The minimum atomic E-state index is -3.35. The van der Waals surface area contributed by atoms with Crippen LogP contribution in [-0.4, -0.2) is 43.2 Å². The molecule has 0 aromatic heterocycles. The van der Waals surface area contributed by atoms with E-state index < -0.39 is 10.2 Å². The van der Waals surface area contributed by atoms with E-state index >= 15 is 0 Å². The first-order valence-corrected chi connectivity index (χ1v) is 6.12. The molecule has 0 aliphatic heterocycles. The highest BCUT2D eigenvalue weighted by molar-refractivity contribution is 7.86. The van der Waals surface area contributed by atoms with Gasteiger partial charge in [0, 0.05) is 19.6 Å². The first kappa shape index (κ1) is 13.4. The monoisotopic (exact) mass is 218 g/mol. The summed E-state index contributed by atoms with van der Waals surface area (Å²) >= 11 is 0. The second-order valence-corrected chi connectivity index (χ2v) is 4.65. The summed E-state index contributed by atoms with van der Waals surface area (Å²) in [6, 6.07) is 0. The predicted octanol–water partition coefficient (Wildman–Crippen LogP) is 0.528.